The van der Waals surface area contributed by atoms with E-state index in [4.69, 9.17) is 9.47 Å². The van der Waals surface area contributed by atoms with E-state index < -0.39 is 6.10 Å². The number of hydrogen-bond donors (Lipinski definition) is 1. The van der Waals surface area contributed by atoms with Crippen LogP contribution in [-0.2, 0) is 0 Å². The van der Waals surface area contributed by atoms with E-state index in [0.29, 0.717) is 24.9 Å². The van der Waals surface area contributed by atoms with Gasteiger partial charge in [0.1, 0.15) is 6.10 Å². The minimum Gasteiger partial charge on any atom is -0.489 e. The standard InChI is InChI=1S/C18H20O3/c1-12-4-3-5-14(8-12)18(19)15-6-7-16-17(9-15)21-11-13(2)10-20-16/h3-9,13,18-19H,10-11H2,1-2H3. The number of aryl methyl sites for hydroxylation is 1. The van der Waals surface area contributed by atoms with Gasteiger partial charge in [-0.2, -0.15) is 0 Å². The lowest BCUT2D eigenvalue weighted by molar-refractivity contribution is 0.218. The SMILES string of the molecule is Cc1cccc(C(O)c2ccc3c(c2)OCC(C)CO3)c1. The molecule has 2 atom stereocenters. The van der Waals surface area contributed by atoms with Crippen molar-refractivity contribution in [1.82, 2.24) is 0 Å². The second kappa shape index (κ2) is 5.78. The maximum absolute atomic E-state index is 10.5. The fraction of sp³-hybridized carbons (Fsp3) is 0.333. The Labute approximate surface area is 125 Å². The molecule has 21 heavy (non-hydrogen) atoms. The quantitative estimate of drug-likeness (QED) is 0.917. The highest BCUT2D eigenvalue weighted by molar-refractivity contribution is 5.46. The molecule has 0 spiro atoms. The lowest BCUT2D eigenvalue weighted by atomic mass is 10.00. The van der Waals surface area contributed by atoms with Crippen molar-refractivity contribution in [1.29, 1.82) is 0 Å². The van der Waals surface area contributed by atoms with Gasteiger partial charge in [-0.25, -0.2) is 0 Å². The summed E-state index contributed by atoms with van der Waals surface area (Å²) in [6.45, 7) is 5.41. The molecule has 3 rings (SSSR count). The highest BCUT2D eigenvalue weighted by atomic mass is 16.5. The van der Waals surface area contributed by atoms with Gasteiger partial charge in [0.2, 0.25) is 0 Å². The van der Waals surface area contributed by atoms with Gasteiger partial charge in [-0.05, 0) is 30.2 Å². The van der Waals surface area contributed by atoms with Crippen LogP contribution in [-0.4, -0.2) is 18.3 Å². The number of benzene rings is 2. The van der Waals surface area contributed by atoms with Crippen LogP contribution in [0.2, 0.25) is 0 Å². The predicted octanol–water partition coefficient (Wildman–Crippen LogP) is 3.48. The highest BCUT2D eigenvalue weighted by Gasteiger charge is 2.18. The minimum atomic E-state index is -0.653. The molecule has 1 aliphatic rings. The van der Waals surface area contributed by atoms with Gasteiger partial charge in [-0.1, -0.05) is 42.8 Å². The molecule has 3 nitrogen and oxygen atoms in total. The van der Waals surface area contributed by atoms with Gasteiger partial charge in [0.05, 0.1) is 13.2 Å². The van der Waals surface area contributed by atoms with Gasteiger partial charge in [0.25, 0.3) is 0 Å². The number of aliphatic hydroxyl groups is 1. The van der Waals surface area contributed by atoms with Crippen LogP contribution in [0.15, 0.2) is 42.5 Å². The van der Waals surface area contributed by atoms with Gasteiger partial charge in [0, 0.05) is 5.92 Å². The maximum Gasteiger partial charge on any atom is 0.161 e. The Morgan fingerprint density at radius 1 is 1.00 bits per heavy atom. The van der Waals surface area contributed by atoms with Crippen LogP contribution in [0.5, 0.6) is 11.5 Å². The van der Waals surface area contributed by atoms with Gasteiger partial charge in [0.15, 0.2) is 11.5 Å². The van der Waals surface area contributed by atoms with Crippen LogP contribution >= 0.6 is 0 Å². The summed E-state index contributed by atoms with van der Waals surface area (Å²) in [5.41, 5.74) is 2.84. The van der Waals surface area contributed by atoms with Crippen molar-refractivity contribution in [3.8, 4) is 11.5 Å². The number of aliphatic hydroxyl groups excluding tert-OH is 1. The van der Waals surface area contributed by atoms with Gasteiger partial charge in [-0.3, -0.25) is 0 Å². The molecule has 0 saturated heterocycles. The summed E-state index contributed by atoms with van der Waals surface area (Å²) in [4.78, 5) is 0. The lowest BCUT2D eigenvalue weighted by Gasteiger charge is -2.15. The van der Waals surface area contributed by atoms with Crippen LogP contribution < -0.4 is 9.47 Å². The molecule has 0 bridgehead atoms. The van der Waals surface area contributed by atoms with Crippen LogP contribution in [0.25, 0.3) is 0 Å². The molecule has 0 amide bonds. The molecule has 1 heterocycles. The number of ether oxygens (including phenoxy) is 2. The third-order valence-electron chi connectivity index (χ3n) is 3.69. The zero-order chi connectivity index (χ0) is 14.8. The second-order valence-corrected chi connectivity index (χ2v) is 5.75. The Balaban J connectivity index is 1.90. The van der Waals surface area contributed by atoms with E-state index >= 15 is 0 Å². The largest absolute Gasteiger partial charge is 0.489 e. The van der Waals surface area contributed by atoms with Gasteiger partial charge >= 0.3 is 0 Å². The molecule has 0 aliphatic carbocycles. The molecule has 0 radical (unpaired) electrons. The third-order valence-corrected chi connectivity index (χ3v) is 3.69. The summed E-state index contributed by atoms with van der Waals surface area (Å²) in [7, 11) is 0. The van der Waals surface area contributed by atoms with Crippen molar-refractivity contribution in [2.75, 3.05) is 13.2 Å². The zero-order valence-corrected chi connectivity index (χ0v) is 12.4. The molecule has 0 fully saturated rings. The molecular formula is C18H20O3. The molecule has 3 heteroatoms. The first-order valence-electron chi connectivity index (χ1n) is 7.27. The third kappa shape index (κ3) is 3.03. The van der Waals surface area contributed by atoms with Crippen LogP contribution in [0.1, 0.15) is 29.7 Å². The van der Waals surface area contributed by atoms with Gasteiger partial charge in [-0.15, -0.1) is 0 Å². The predicted molar refractivity (Wildman–Crippen MR) is 81.8 cm³/mol. The van der Waals surface area contributed by atoms with E-state index in [1.165, 1.54) is 0 Å². The van der Waals surface area contributed by atoms with E-state index in [9.17, 15) is 5.11 Å². The first-order valence-corrected chi connectivity index (χ1v) is 7.27. The van der Waals surface area contributed by atoms with E-state index in [-0.39, 0.29) is 0 Å². The monoisotopic (exact) mass is 284 g/mol. The fourth-order valence-corrected chi connectivity index (χ4v) is 2.47. The summed E-state index contributed by atoms with van der Waals surface area (Å²) in [5.74, 6) is 1.82. The van der Waals surface area contributed by atoms with E-state index in [0.717, 1.165) is 22.4 Å². The van der Waals surface area contributed by atoms with Crippen molar-refractivity contribution < 1.29 is 14.6 Å². The molecular weight excluding hydrogens is 264 g/mol. The number of fused-ring (bicyclic) bond motifs is 1. The Hall–Kier alpha value is -2.00. The smallest absolute Gasteiger partial charge is 0.161 e. The Morgan fingerprint density at radius 3 is 2.48 bits per heavy atom. The number of rotatable bonds is 2. The second-order valence-electron chi connectivity index (χ2n) is 5.75. The van der Waals surface area contributed by atoms with Crippen LogP contribution in [0.3, 0.4) is 0 Å². The van der Waals surface area contributed by atoms with Crippen molar-refractivity contribution in [2.45, 2.75) is 20.0 Å². The summed E-state index contributed by atoms with van der Waals surface area (Å²) in [6.07, 6.45) is -0.653. The van der Waals surface area contributed by atoms with Crippen LogP contribution in [0.4, 0.5) is 0 Å². The van der Waals surface area contributed by atoms with Crippen molar-refractivity contribution in [3.05, 3.63) is 59.2 Å². The van der Waals surface area contributed by atoms with Crippen molar-refractivity contribution in [3.63, 3.8) is 0 Å². The van der Waals surface area contributed by atoms with Crippen molar-refractivity contribution in [2.24, 2.45) is 5.92 Å². The fourth-order valence-electron chi connectivity index (χ4n) is 2.47. The molecule has 2 aromatic carbocycles. The Kier molecular flexibility index (Phi) is 3.84. The normalized spacial score (nSPS) is 18.9. The Bertz CT molecular complexity index is 636. The summed E-state index contributed by atoms with van der Waals surface area (Å²) in [5, 5.41) is 10.5. The van der Waals surface area contributed by atoms with E-state index in [2.05, 4.69) is 6.92 Å². The molecule has 1 aliphatic heterocycles. The van der Waals surface area contributed by atoms with E-state index in [1.807, 2.05) is 49.4 Å². The van der Waals surface area contributed by atoms with Crippen LogP contribution in [0, 0.1) is 12.8 Å². The minimum absolute atomic E-state index is 0.363. The first-order chi connectivity index (χ1) is 10.1. The average molecular weight is 284 g/mol. The molecule has 2 unspecified atom stereocenters. The summed E-state index contributed by atoms with van der Waals surface area (Å²) < 4.78 is 11.5. The first kappa shape index (κ1) is 14.0. The molecule has 1 N–H and O–H groups in total. The highest BCUT2D eigenvalue weighted by Crippen LogP contribution is 2.34. The topological polar surface area (TPSA) is 38.7 Å². The molecule has 2 aromatic rings. The average Bonchev–Trinajstić information content (AvgIpc) is 2.68. The molecule has 0 saturated carbocycles. The van der Waals surface area contributed by atoms with Crippen molar-refractivity contribution >= 4 is 0 Å². The van der Waals surface area contributed by atoms with Gasteiger partial charge < -0.3 is 14.6 Å². The molecule has 0 aromatic heterocycles. The summed E-state index contributed by atoms with van der Waals surface area (Å²) in [6, 6.07) is 13.6. The lowest BCUT2D eigenvalue weighted by Crippen LogP contribution is -2.12. The maximum atomic E-state index is 10.5. The zero-order valence-electron chi connectivity index (χ0n) is 12.4. The van der Waals surface area contributed by atoms with E-state index in [1.54, 1.807) is 0 Å². The summed E-state index contributed by atoms with van der Waals surface area (Å²) >= 11 is 0. The number of hydrogen-bond acceptors (Lipinski definition) is 3. The Morgan fingerprint density at radius 2 is 1.71 bits per heavy atom. The molecule has 110 valence electrons.